The van der Waals surface area contributed by atoms with Gasteiger partial charge in [0.2, 0.25) is 0 Å². The fraction of sp³-hybridized carbons (Fsp3) is 0.800. The van der Waals surface area contributed by atoms with Crippen LogP contribution in [-0.4, -0.2) is 46.4 Å². The van der Waals surface area contributed by atoms with Crippen molar-refractivity contribution in [1.29, 1.82) is 0 Å². The molecule has 0 saturated heterocycles. The van der Waals surface area contributed by atoms with Gasteiger partial charge in [-0.2, -0.15) is 0 Å². The molecule has 4 N–H and O–H groups in total. The first-order valence-electron chi connectivity index (χ1n) is 2.84. The molecule has 0 aromatic carbocycles. The standard InChI is InChI=1S/C5H10O6/c6-1-5(2-7,3-11-10)4(8)9/h6-7,10H,1-3H2,(H,8,9). The van der Waals surface area contributed by atoms with Gasteiger partial charge in [0, 0.05) is 0 Å². The van der Waals surface area contributed by atoms with Crippen molar-refractivity contribution in [3.8, 4) is 0 Å². The zero-order valence-electron chi connectivity index (χ0n) is 5.73. The van der Waals surface area contributed by atoms with Gasteiger partial charge in [-0.05, 0) is 0 Å². The number of aliphatic hydroxyl groups is 2. The smallest absolute Gasteiger partial charge is 0.316 e. The molecule has 0 saturated carbocycles. The maximum Gasteiger partial charge on any atom is 0.316 e. The van der Waals surface area contributed by atoms with Gasteiger partial charge in [0.15, 0.2) is 0 Å². The summed E-state index contributed by atoms with van der Waals surface area (Å²) in [5.41, 5.74) is -1.81. The van der Waals surface area contributed by atoms with Gasteiger partial charge in [-0.1, -0.05) is 0 Å². The molecule has 11 heavy (non-hydrogen) atoms. The van der Waals surface area contributed by atoms with Crippen molar-refractivity contribution in [3.05, 3.63) is 0 Å². The van der Waals surface area contributed by atoms with Crippen molar-refractivity contribution < 1.29 is 30.3 Å². The molecule has 0 spiro atoms. The largest absolute Gasteiger partial charge is 0.481 e. The van der Waals surface area contributed by atoms with E-state index in [0.717, 1.165) is 0 Å². The van der Waals surface area contributed by atoms with E-state index in [-0.39, 0.29) is 0 Å². The molecule has 0 bridgehead atoms. The average molecular weight is 166 g/mol. The van der Waals surface area contributed by atoms with Gasteiger partial charge in [-0.15, -0.1) is 0 Å². The highest BCUT2D eigenvalue weighted by molar-refractivity contribution is 5.75. The molecule has 0 aliphatic rings. The second kappa shape index (κ2) is 4.24. The van der Waals surface area contributed by atoms with E-state index >= 15 is 0 Å². The number of hydrogen-bond acceptors (Lipinski definition) is 5. The Balaban J connectivity index is 4.32. The summed E-state index contributed by atoms with van der Waals surface area (Å²) >= 11 is 0. The lowest BCUT2D eigenvalue weighted by Crippen LogP contribution is -2.42. The monoisotopic (exact) mass is 166 g/mol. The molecule has 0 aliphatic heterocycles. The molecule has 0 fully saturated rings. The number of aliphatic hydroxyl groups excluding tert-OH is 2. The number of aliphatic carboxylic acids is 1. The average Bonchev–Trinajstić information content (AvgIpc) is 2.00. The number of rotatable bonds is 5. The van der Waals surface area contributed by atoms with Crippen molar-refractivity contribution in [3.63, 3.8) is 0 Å². The third-order valence-corrected chi connectivity index (χ3v) is 1.40. The lowest BCUT2D eigenvalue weighted by molar-refractivity contribution is -0.268. The van der Waals surface area contributed by atoms with Gasteiger partial charge < -0.3 is 15.3 Å². The number of hydrogen-bond donors (Lipinski definition) is 4. The summed E-state index contributed by atoms with van der Waals surface area (Å²) in [6, 6.07) is 0. The molecule has 6 heteroatoms. The summed E-state index contributed by atoms with van der Waals surface area (Å²) in [7, 11) is 0. The van der Waals surface area contributed by atoms with Crippen LogP contribution in [0.4, 0.5) is 0 Å². The third kappa shape index (κ3) is 2.12. The van der Waals surface area contributed by atoms with E-state index < -0.39 is 31.2 Å². The normalized spacial score (nSPS) is 11.5. The lowest BCUT2D eigenvalue weighted by atomic mass is 9.92. The van der Waals surface area contributed by atoms with Crippen LogP contribution in [0.5, 0.6) is 0 Å². The molecule has 0 atom stereocenters. The zero-order chi connectivity index (χ0) is 8.91. The highest BCUT2D eigenvalue weighted by Gasteiger charge is 2.38. The van der Waals surface area contributed by atoms with Crippen LogP contribution in [0, 0.1) is 5.41 Å². The van der Waals surface area contributed by atoms with Gasteiger partial charge in [-0.3, -0.25) is 10.1 Å². The maximum atomic E-state index is 10.4. The van der Waals surface area contributed by atoms with Crippen LogP contribution in [0.3, 0.4) is 0 Å². The Labute approximate surface area is 62.6 Å². The maximum absolute atomic E-state index is 10.4. The summed E-state index contributed by atoms with van der Waals surface area (Å²) in [4.78, 5) is 13.9. The number of carboxylic acids is 1. The molecule has 66 valence electrons. The minimum absolute atomic E-state index is 0.644. The Morgan fingerprint density at radius 1 is 1.36 bits per heavy atom. The topological polar surface area (TPSA) is 107 Å². The molecule has 0 aliphatic carbocycles. The summed E-state index contributed by atoms with van der Waals surface area (Å²) in [6.07, 6.45) is 0. The van der Waals surface area contributed by atoms with Crippen molar-refractivity contribution >= 4 is 5.97 Å². The predicted molar refractivity (Wildman–Crippen MR) is 32.8 cm³/mol. The molecule has 0 aromatic rings. The highest BCUT2D eigenvalue weighted by Crippen LogP contribution is 2.15. The molecule has 0 heterocycles. The quantitative estimate of drug-likeness (QED) is 0.293. The Morgan fingerprint density at radius 3 is 1.91 bits per heavy atom. The minimum Gasteiger partial charge on any atom is -0.481 e. The van der Waals surface area contributed by atoms with E-state index in [4.69, 9.17) is 20.6 Å². The molecule has 0 amide bonds. The Morgan fingerprint density at radius 2 is 1.82 bits per heavy atom. The Kier molecular flexibility index (Phi) is 3.98. The van der Waals surface area contributed by atoms with Gasteiger partial charge in [0.1, 0.15) is 12.0 Å². The van der Waals surface area contributed by atoms with Crippen molar-refractivity contribution in [2.45, 2.75) is 0 Å². The minimum atomic E-state index is -1.81. The van der Waals surface area contributed by atoms with Gasteiger partial charge in [0.05, 0.1) is 13.2 Å². The SMILES string of the molecule is O=C(O)C(CO)(CO)COO. The zero-order valence-corrected chi connectivity index (χ0v) is 5.73. The second-order valence-electron chi connectivity index (χ2n) is 2.18. The first kappa shape index (κ1) is 10.3. The summed E-state index contributed by atoms with van der Waals surface area (Å²) in [6.45, 7) is -2.23. The molecule has 0 unspecified atom stereocenters. The van der Waals surface area contributed by atoms with Crippen LogP contribution in [0.2, 0.25) is 0 Å². The summed E-state index contributed by atoms with van der Waals surface area (Å²) < 4.78 is 0. The number of carbonyl (C=O) groups is 1. The Bertz CT molecular complexity index is 129. The fourth-order valence-corrected chi connectivity index (χ4v) is 0.462. The molecule has 0 aromatic heterocycles. The van der Waals surface area contributed by atoms with Crippen LogP contribution in [0.25, 0.3) is 0 Å². The Hall–Kier alpha value is -0.690. The van der Waals surface area contributed by atoms with Crippen LogP contribution >= 0.6 is 0 Å². The summed E-state index contributed by atoms with van der Waals surface area (Å²) in [5.74, 6) is -1.42. The predicted octanol–water partition coefficient (Wildman–Crippen LogP) is -1.47. The van der Waals surface area contributed by atoms with E-state index in [1.165, 1.54) is 0 Å². The third-order valence-electron chi connectivity index (χ3n) is 1.40. The van der Waals surface area contributed by atoms with Crippen LogP contribution < -0.4 is 0 Å². The van der Waals surface area contributed by atoms with Crippen molar-refractivity contribution in [2.24, 2.45) is 5.41 Å². The van der Waals surface area contributed by atoms with E-state index in [0.29, 0.717) is 0 Å². The van der Waals surface area contributed by atoms with Crippen molar-refractivity contribution in [2.75, 3.05) is 19.8 Å². The fourth-order valence-electron chi connectivity index (χ4n) is 0.462. The van der Waals surface area contributed by atoms with Gasteiger partial charge >= 0.3 is 5.97 Å². The van der Waals surface area contributed by atoms with Crippen LogP contribution in [0.15, 0.2) is 0 Å². The molecular weight excluding hydrogens is 156 g/mol. The molecule has 0 rings (SSSR count). The van der Waals surface area contributed by atoms with Crippen LogP contribution in [-0.2, 0) is 9.68 Å². The van der Waals surface area contributed by atoms with E-state index in [2.05, 4.69) is 4.89 Å². The van der Waals surface area contributed by atoms with E-state index in [9.17, 15) is 4.79 Å². The van der Waals surface area contributed by atoms with Crippen molar-refractivity contribution in [1.82, 2.24) is 0 Å². The van der Waals surface area contributed by atoms with Crippen LogP contribution in [0.1, 0.15) is 0 Å². The molecular formula is C5H10O6. The first-order valence-corrected chi connectivity index (χ1v) is 2.84. The molecule has 0 radical (unpaired) electrons. The lowest BCUT2D eigenvalue weighted by Gasteiger charge is -2.21. The first-order chi connectivity index (χ1) is 5.13. The summed E-state index contributed by atoms with van der Waals surface area (Å²) in [5, 5.41) is 33.5. The highest BCUT2D eigenvalue weighted by atomic mass is 17.1. The molecule has 6 nitrogen and oxygen atoms in total. The van der Waals surface area contributed by atoms with E-state index in [1.807, 2.05) is 0 Å². The van der Waals surface area contributed by atoms with Gasteiger partial charge in [0.25, 0.3) is 0 Å². The second-order valence-corrected chi connectivity index (χ2v) is 2.18. The van der Waals surface area contributed by atoms with E-state index in [1.54, 1.807) is 0 Å². The van der Waals surface area contributed by atoms with Gasteiger partial charge in [-0.25, -0.2) is 4.89 Å². The number of carboxylic acid groups (broad SMARTS) is 1.